The van der Waals surface area contributed by atoms with E-state index >= 15 is 0 Å². The van der Waals surface area contributed by atoms with Crippen molar-refractivity contribution in [2.45, 2.75) is 26.8 Å². The molecule has 0 bridgehead atoms. The van der Waals surface area contributed by atoms with Crippen LogP contribution in [0.5, 0.6) is 0 Å². The number of aryl methyl sites for hydroxylation is 2. The average molecular weight is 191 g/mol. The third kappa shape index (κ3) is 1.21. The molecule has 2 N–H and O–H groups in total. The summed E-state index contributed by atoms with van der Waals surface area (Å²) in [6.07, 6.45) is 2.53. The number of nitrogens with two attached hydrogens (primary N) is 1. The molecule has 0 radical (unpaired) electrons. The topological polar surface area (TPSA) is 69.6 Å². The first-order valence-corrected chi connectivity index (χ1v) is 4.73. The van der Waals surface area contributed by atoms with Gasteiger partial charge in [-0.15, -0.1) is 0 Å². The summed E-state index contributed by atoms with van der Waals surface area (Å²) in [7, 11) is 0. The van der Waals surface area contributed by atoms with Gasteiger partial charge in [0.25, 0.3) is 0 Å². The van der Waals surface area contributed by atoms with Crippen LogP contribution in [0.3, 0.4) is 0 Å². The number of aromatic nitrogens is 4. The van der Waals surface area contributed by atoms with Gasteiger partial charge < -0.3 is 10.3 Å². The normalized spacial score (nSPS) is 11.0. The van der Waals surface area contributed by atoms with Crippen molar-refractivity contribution in [2.75, 3.05) is 5.73 Å². The Kier molecular flexibility index (Phi) is 2.07. The molecule has 0 saturated carbocycles. The van der Waals surface area contributed by atoms with E-state index in [0.29, 0.717) is 11.3 Å². The van der Waals surface area contributed by atoms with Gasteiger partial charge in [-0.05, 0) is 6.92 Å². The fourth-order valence-corrected chi connectivity index (χ4v) is 1.40. The van der Waals surface area contributed by atoms with Crippen molar-refractivity contribution in [1.29, 1.82) is 0 Å². The molecule has 0 atom stereocenters. The highest BCUT2D eigenvalue weighted by Gasteiger charge is 2.08. The second kappa shape index (κ2) is 3.25. The van der Waals surface area contributed by atoms with Gasteiger partial charge >= 0.3 is 0 Å². The molecule has 0 fully saturated rings. The van der Waals surface area contributed by atoms with E-state index in [-0.39, 0.29) is 0 Å². The van der Waals surface area contributed by atoms with Gasteiger partial charge in [-0.2, -0.15) is 0 Å². The molecule has 2 rings (SSSR count). The summed E-state index contributed by atoms with van der Waals surface area (Å²) in [5.74, 6) is 1.24. The standard InChI is InChI=1S/C9H13N5/c1-3-6-12-8(10)7-9(13-6)14(4-2)5-11-7/h5H,3-4H2,1-2H3,(H2,10,12,13). The molecule has 0 aliphatic rings. The van der Waals surface area contributed by atoms with E-state index in [0.717, 1.165) is 24.4 Å². The fourth-order valence-electron chi connectivity index (χ4n) is 1.40. The molecule has 0 amide bonds. The van der Waals surface area contributed by atoms with Crippen LogP contribution in [-0.2, 0) is 13.0 Å². The monoisotopic (exact) mass is 191 g/mol. The molecule has 14 heavy (non-hydrogen) atoms. The minimum atomic E-state index is 0.471. The number of fused-ring (bicyclic) bond motifs is 1. The number of hydrogen-bond acceptors (Lipinski definition) is 4. The highest BCUT2D eigenvalue weighted by atomic mass is 15.1. The van der Waals surface area contributed by atoms with Crippen molar-refractivity contribution in [2.24, 2.45) is 0 Å². The number of nitrogens with zero attached hydrogens (tertiary/aromatic N) is 4. The largest absolute Gasteiger partial charge is 0.382 e. The predicted molar refractivity (Wildman–Crippen MR) is 54.8 cm³/mol. The van der Waals surface area contributed by atoms with Gasteiger partial charge in [0, 0.05) is 13.0 Å². The van der Waals surface area contributed by atoms with Crippen molar-refractivity contribution in [1.82, 2.24) is 19.5 Å². The fraction of sp³-hybridized carbons (Fsp3) is 0.444. The van der Waals surface area contributed by atoms with Gasteiger partial charge in [-0.1, -0.05) is 6.92 Å². The molecule has 0 spiro atoms. The summed E-state index contributed by atoms with van der Waals surface area (Å²) < 4.78 is 1.96. The van der Waals surface area contributed by atoms with Crippen LogP contribution in [0.4, 0.5) is 5.82 Å². The molecule has 2 aromatic rings. The van der Waals surface area contributed by atoms with Crippen molar-refractivity contribution < 1.29 is 0 Å². The van der Waals surface area contributed by atoms with Crippen molar-refractivity contribution in [3.8, 4) is 0 Å². The van der Waals surface area contributed by atoms with Crippen LogP contribution >= 0.6 is 0 Å². The second-order valence-electron chi connectivity index (χ2n) is 3.08. The van der Waals surface area contributed by atoms with Gasteiger partial charge in [0.1, 0.15) is 11.3 Å². The third-order valence-electron chi connectivity index (χ3n) is 2.19. The summed E-state index contributed by atoms with van der Waals surface area (Å²) >= 11 is 0. The molecule has 2 heterocycles. The summed E-state index contributed by atoms with van der Waals surface area (Å²) in [6.45, 7) is 4.90. The molecular formula is C9H13N5. The van der Waals surface area contributed by atoms with E-state index in [1.807, 2.05) is 18.4 Å². The van der Waals surface area contributed by atoms with E-state index in [1.54, 1.807) is 6.33 Å². The highest BCUT2D eigenvalue weighted by molar-refractivity contribution is 5.81. The highest BCUT2D eigenvalue weighted by Crippen LogP contribution is 2.15. The summed E-state index contributed by atoms with van der Waals surface area (Å²) in [6, 6.07) is 0. The number of hydrogen-bond donors (Lipinski definition) is 1. The lowest BCUT2D eigenvalue weighted by molar-refractivity contribution is 0.773. The SMILES string of the molecule is CCc1nc(N)c2ncn(CC)c2n1. The van der Waals surface area contributed by atoms with Gasteiger partial charge in [0.05, 0.1) is 6.33 Å². The Morgan fingerprint density at radius 1 is 1.36 bits per heavy atom. The van der Waals surface area contributed by atoms with E-state index < -0.39 is 0 Å². The van der Waals surface area contributed by atoms with Crippen LogP contribution in [0.2, 0.25) is 0 Å². The Balaban J connectivity index is 2.73. The summed E-state index contributed by atoms with van der Waals surface area (Å²) in [4.78, 5) is 12.7. The zero-order valence-corrected chi connectivity index (χ0v) is 8.36. The molecule has 0 saturated heterocycles. The van der Waals surface area contributed by atoms with Crippen molar-refractivity contribution >= 4 is 17.0 Å². The summed E-state index contributed by atoms with van der Waals surface area (Å²) in [5, 5.41) is 0. The van der Waals surface area contributed by atoms with Gasteiger partial charge in [-0.3, -0.25) is 0 Å². The third-order valence-corrected chi connectivity index (χ3v) is 2.19. The van der Waals surface area contributed by atoms with Gasteiger partial charge in [0.2, 0.25) is 0 Å². The Hall–Kier alpha value is -1.65. The first-order valence-electron chi connectivity index (χ1n) is 4.73. The van der Waals surface area contributed by atoms with Crippen LogP contribution in [-0.4, -0.2) is 19.5 Å². The molecule has 0 aromatic carbocycles. The lowest BCUT2D eigenvalue weighted by Gasteiger charge is -2.01. The quantitative estimate of drug-likeness (QED) is 0.768. The van der Waals surface area contributed by atoms with Crippen LogP contribution in [0.15, 0.2) is 6.33 Å². The molecule has 0 aliphatic heterocycles. The Labute approximate surface area is 82.0 Å². The Morgan fingerprint density at radius 3 is 2.79 bits per heavy atom. The number of anilines is 1. The maximum atomic E-state index is 5.77. The minimum absolute atomic E-state index is 0.471. The van der Waals surface area contributed by atoms with Crippen molar-refractivity contribution in [3.63, 3.8) is 0 Å². The van der Waals surface area contributed by atoms with Crippen LogP contribution in [0, 0.1) is 0 Å². The maximum Gasteiger partial charge on any atom is 0.165 e. The zero-order valence-electron chi connectivity index (χ0n) is 8.36. The van der Waals surface area contributed by atoms with E-state index in [9.17, 15) is 0 Å². The second-order valence-corrected chi connectivity index (χ2v) is 3.08. The number of imidazole rings is 1. The smallest absolute Gasteiger partial charge is 0.165 e. The number of nitrogen functional groups attached to an aromatic ring is 1. The molecule has 5 heteroatoms. The van der Waals surface area contributed by atoms with Gasteiger partial charge in [0.15, 0.2) is 11.5 Å². The van der Waals surface area contributed by atoms with Crippen LogP contribution < -0.4 is 5.73 Å². The molecule has 0 unspecified atom stereocenters. The number of rotatable bonds is 2. The van der Waals surface area contributed by atoms with E-state index in [1.165, 1.54) is 0 Å². The molecular weight excluding hydrogens is 178 g/mol. The first kappa shape index (κ1) is 8.93. The first-order chi connectivity index (χ1) is 6.76. The Bertz CT molecular complexity index is 459. The minimum Gasteiger partial charge on any atom is -0.382 e. The Morgan fingerprint density at radius 2 is 2.14 bits per heavy atom. The molecule has 5 nitrogen and oxygen atoms in total. The van der Waals surface area contributed by atoms with Gasteiger partial charge in [-0.25, -0.2) is 15.0 Å². The average Bonchev–Trinajstić information content (AvgIpc) is 2.61. The van der Waals surface area contributed by atoms with Crippen LogP contribution in [0.25, 0.3) is 11.2 Å². The van der Waals surface area contributed by atoms with E-state index in [4.69, 9.17) is 5.73 Å². The molecule has 74 valence electrons. The van der Waals surface area contributed by atoms with E-state index in [2.05, 4.69) is 15.0 Å². The summed E-state index contributed by atoms with van der Waals surface area (Å²) in [5.41, 5.74) is 7.30. The van der Waals surface area contributed by atoms with Crippen molar-refractivity contribution in [3.05, 3.63) is 12.2 Å². The molecule has 2 aromatic heterocycles. The maximum absolute atomic E-state index is 5.77. The molecule has 0 aliphatic carbocycles. The predicted octanol–water partition coefficient (Wildman–Crippen LogP) is 0.991. The zero-order chi connectivity index (χ0) is 10.1. The van der Waals surface area contributed by atoms with Crippen LogP contribution in [0.1, 0.15) is 19.7 Å². The lowest BCUT2D eigenvalue weighted by Crippen LogP contribution is -2.02. The lowest BCUT2D eigenvalue weighted by atomic mass is 10.4.